The van der Waals surface area contributed by atoms with Crippen LogP contribution < -0.4 is 5.32 Å². The lowest BCUT2D eigenvalue weighted by atomic mass is 9.98. The molecule has 0 spiro atoms. The van der Waals surface area contributed by atoms with Crippen molar-refractivity contribution in [3.8, 4) is 0 Å². The lowest BCUT2D eigenvalue weighted by Gasteiger charge is -2.31. The number of hydrogen-bond donors (Lipinski definition) is 1. The zero-order valence-corrected chi connectivity index (χ0v) is 14.3. The average molecular weight is 341 g/mol. The Labute approximate surface area is 136 Å². The quantitative estimate of drug-likeness (QED) is 0.630. The first-order valence-electron chi connectivity index (χ1n) is 7.82. The number of nitrogens with one attached hydrogen (secondary N) is 1. The van der Waals surface area contributed by atoms with Crippen molar-refractivity contribution in [3.05, 3.63) is 33.9 Å². The fourth-order valence-corrected chi connectivity index (χ4v) is 4.40. The van der Waals surface area contributed by atoms with Crippen LogP contribution in [0.3, 0.4) is 0 Å². The largest absolute Gasteiger partial charge is 0.317 e. The van der Waals surface area contributed by atoms with Crippen molar-refractivity contribution in [2.24, 2.45) is 5.92 Å². The van der Waals surface area contributed by atoms with Gasteiger partial charge in [-0.25, -0.2) is 8.42 Å². The van der Waals surface area contributed by atoms with Crippen LogP contribution in [0.15, 0.2) is 23.1 Å². The molecule has 1 saturated heterocycles. The molecule has 0 unspecified atom stereocenters. The van der Waals surface area contributed by atoms with Gasteiger partial charge in [0.1, 0.15) is 0 Å². The summed E-state index contributed by atoms with van der Waals surface area (Å²) in [5.41, 5.74) is 0.298. The Bertz CT molecular complexity index is 667. The van der Waals surface area contributed by atoms with Crippen LogP contribution in [0.5, 0.6) is 0 Å². The van der Waals surface area contributed by atoms with Gasteiger partial charge in [-0.2, -0.15) is 4.31 Å². The van der Waals surface area contributed by atoms with Crippen molar-refractivity contribution >= 4 is 15.7 Å². The van der Waals surface area contributed by atoms with E-state index in [1.54, 1.807) is 6.92 Å². The van der Waals surface area contributed by atoms with Crippen LogP contribution in [0, 0.1) is 23.0 Å². The lowest BCUT2D eigenvalue weighted by molar-refractivity contribution is -0.385. The summed E-state index contributed by atoms with van der Waals surface area (Å²) in [7, 11) is -3.58. The molecule has 0 saturated carbocycles. The van der Waals surface area contributed by atoms with Gasteiger partial charge in [-0.05, 0) is 50.9 Å². The van der Waals surface area contributed by atoms with Crippen LogP contribution in [0.4, 0.5) is 5.69 Å². The maximum atomic E-state index is 12.7. The van der Waals surface area contributed by atoms with Crippen molar-refractivity contribution in [2.45, 2.75) is 31.6 Å². The van der Waals surface area contributed by atoms with E-state index >= 15 is 0 Å². The molecule has 23 heavy (non-hydrogen) atoms. The number of nitro benzene ring substituents is 1. The summed E-state index contributed by atoms with van der Waals surface area (Å²) >= 11 is 0. The van der Waals surface area contributed by atoms with Gasteiger partial charge in [0.2, 0.25) is 10.0 Å². The highest BCUT2D eigenvalue weighted by Gasteiger charge is 2.30. The molecule has 7 nitrogen and oxygen atoms in total. The molecular weight excluding hydrogens is 318 g/mol. The van der Waals surface area contributed by atoms with Crippen molar-refractivity contribution in [1.82, 2.24) is 9.62 Å². The van der Waals surface area contributed by atoms with Crippen LogP contribution >= 0.6 is 0 Å². The van der Waals surface area contributed by atoms with Crippen molar-refractivity contribution in [2.75, 3.05) is 26.2 Å². The van der Waals surface area contributed by atoms with E-state index in [4.69, 9.17) is 0 Å². The molecule has 1 aliphatic rings. The van der Waals surface area contributed by atoms with Gasteiger partial charge in [-0.15, -0.1) is 0 Å². The third-order valence-corrected chi connectivity index (χ3v) is 6.15. The topological polar surface area (TPSA) is 92.6 Å². The zero-order valence-electron chi connectivity index (χ0n) is 13.5. The molecule has 2 rings (SSSR count). The number of hydrogen-bond acceptors (Lipinski definition) is 5. The Morgan fingerprint density at radius 1 is 1.35 bits per heavy atom. The molecule has 1 N–H and O–H groups in total. The number of nitrogens with zero attached hydrogens (tertiary/aromatic N) is 2. The third kappa shape index (κ3) is 4.07. The smallest absolute Gasteiger partial charge is 0.272 e. The summed E-state index contributed by atoms with van der Waals surface area (Å²) in [5.74, 6) is 0.500. The third-order valence-electron chi connectivity index (χ3n) is 4.26. The second-order valence-corrected chi connectivity index (χ2v) is 7.80. The molecular formula is C15H23N3O4S. The Kier molecular flexibility index (Phi) is 5.72. The minimum Gasteiger partial charge on any atom is -0.317 e. The van der Waals surface area contributed by atoms with Crippen molar-refractivity contribution < 1.29 is 13.3 Å². The number of rotatable bonds is 6. The molecule has 0 aliphatic carbocycles. The molecule has 1 aromatic carbocycles. The summed E-state index contributed by atoms with van der Waals surface area (Å²) < 4.78 is 26.8. The molecule has 0 radical (unpaired) electrons. The van der Waals surface area contributed by atoms with E-state index in [-0.39, 0.29) is 10.6 Å². The molecule has 0 bridgehead atoms. The molecule has 0 aromatic heterocycles. The van der Waals surface area contributed by atoms with Gasteiger partial charge in [-0.1, -0.05) is 6.92 Å². The monoisotopic (exact) mass is 341 g/mol. The highest BCUT2D eigenvalue weighted by atomic mass is 32.2. The molecule has 1 aliphatic heterocycles. The maximum absolute atomic E-state index is 12.7. The van der Waals surface area contributed by atoms with Crippen molar-refractivity contribution in [1.29, 1.82) is 0 Å². The summed E-state index contributed by atoms with van der Waals surface area (Å²) in [5, 5.41) is 14.1. The fraction of sp³-hybridized carbons (Fsp3) is 0.600. The van der Waals surface area contributed by atoms with Crippen LogP contribution in [0.25, 0.3) is 0 Å². The molecule has 8 heteroatoms. The first-order chi connectivity index (χ1) is 10.9. The minimum atomic E-state index is -3.58. The Morgan fingerprint density at radius 2 is 2.00 bits per heavy atom. The SMILES string of the molecule is CCNCC1CCN(S(=O)(=O)c2ccc([N+](=O)[O-])c(C)c2)CC1. The van der Waals surface area contributed by atoms with E-state index in [9.17, 15) is 18.5 Å². The minimum absolute atomic E-state index is 0.0618. The second-order valence-electron chi connectivity index (χ2n) is 5.86. The van der Waals surface area contributed by atoms with Gasteiger partial charge in [0.25, 0.3) is 5.69 Å². The predicted molar refractivity (Wildman–Crippen MR) is 87.9 cm³/mol. The molecule has 128 valence electrons. The van der Waals surface area contributed by atoms with E-state index < -0.39 is 14.9 Å². The number of piperidine rings is 1. The zero-order chi connectivity index (χ0) is 17.0. The van der Waals surface area contributed by atoms with E-state index in [0.717, 1.165) is 25.9 Å². The predicted octanol–water partition coefficient (Wildman–Crippen LogP) is 1.91. The first-order valence-corrected chi connectivity index (χ1v) is 9.26. The van der Waals surface area contributed by atoms with Crippen LogP contribution in [-0.2, 0) is 10.0 Å². The molecule has 1 aromatic rings. The van der Waals surface area contributed by atoms with Gasteiger partial charge in [0.15, 0.2) is 0 Å². The highest BCUT2D eigenvalue weighted by Crippen LogP contribution is 2.26. The van der Waals surface area contributed by atoms with Gasteiger partial charge >= 0.3 is 0 Å². The standard InChI is InChI=1S/C15H23N3O4S/c1-3-16-11-13-6-8-17(9-7-13)23(21,22)14-4-5-15(18(19)20)12(2)10-14/h4-5,10,13,16H,3,6-9,11H2,1-2H3. The van der Waals surface area contributed by atoms with E-state index in [1.165, 1.54) is 22.5 Å². The Morgan fingerprint density at radius 3 is 2.52 bits per heavy atom. The van der Waals surface area contributed by atoms with Crippen LogP contribution in [-0.4, -0.2) is 43.8 Å². The summed E-state index contributed by atoms with van der Waals surface area (Å²) in [6.07, 6.45) is 1.66. The molecule has 0 amide bonds. The highest BCUT2D eigenvalue weighted by molar-refractivity contribution is 7.89. The van der Waals surface area contributed by atoms with Crippen molar-refractivity contribution in [3.63, 3.8) is 0 Å². The van der Waals surface area contributed by atoms with Gasteiger partial charge in [0, 0.05) is 24.7 Å². The number of nitro groups is 1. The molecule has 1 fully saturated rings. The maximum Gasteiger partial charge on any atom is 0.272 e. The summed E-state index contributed by atoms with van der Waals surface area (Å²) in [6, 6.07) is 3.98. The lowest BCUT2D eigenvalue weighted by Crippen LogP contribution is -2.40. The number of benzene rings is 1. The summed E-state index contributed by atoms with van der Waals surface area (Å²) in [4.78, 5) is 10.5. The van der Waals surface area contributed by atoms with Gasteiger partial charge in [0.05, 0.1) is 9.82 Å². The molecule has 1 heterocycles. The molecule has 0 atom stereocenters. The normalized spacial score (nSPS) is 17.3. The second kappa shape index (κ2) is 7.37. The Balaban J connectivity index is 2.11. The fourth-order valence-electron chi connectivity index (χ4n) is 2.84. The van der Waals surface area contributed by atoms with E-state index in [1.807, 2.05) is 0 Å². The van der Waals surface area contributed by atoms with E-state index in [2.05, 4.69) is 12.2 Å². The average Bonchev–Trinajstić information content (AvgIpc) is 2.52. The number of aryl methyl sites for hydroxylation is 1. The Hall–Kier alpha value is -1.51. The number of sulfonamides is 1. The van der Waals surface area contributed by atoms with E-state index in [0.29, 0.717) is 24.6 Å². The summed E-state index contributed by atoms with van der Waals surface area (Å²) in [6.45, 7) is 6.43. The van der Waals surface area contributed by atoms with Crippen LogP contribution in [0.1, 0.15) is 25.3 Å². The van der Waals surface area contributed by atoms with Gasteiger partial charge in [-0.3, -0.25) is 10.1 Å². The van der Waals surface area contributed by atoms with Gasteiger partial charge < -0.3 is 5.32 Å². The van der Waals surface area contributed by atoms with Crippen LogP contribution in [0.2, 0.25) is 0 Å². The first kappa shape index (κ1) is 17.8.